The van der Waals surface area contributed by atoms with Crippen LogP contribution in [0.3, 0.4) is 0 Å². The second-order valence-electron chi connectivity index (χ2n) is 4.73. The normalized spacial score (nSPS) is 13.7. The number of amides is 1. The van der Waals surface area contributed by atoms with E-state index in [1.807, 2.05) is 18.2 Å². The second kappa shape index (κ2) is 8.27. The highest BCUT2D eigenvalue weighted by Crippen LogP contribution is 2.29. The molecule has 0 spiro atoms. The summed E-state index contributed by atoms with van der Waals surface area (Å²) in [5.41, 5.74) is 1.05. The lowest BCUT2D eigenvalue weighted by molar-refractivity contribution is -0.126. The Bertz CT molecular complexity index is 451. The number of halogens is 1. The number of likely N-dealkylation sites (N-methyl/N-ethyl adjacent to an activating group) is 1. The smallest absolute Gasteiger partial charge is 0.260 e. The molecule has 0 heterocycles. The molecule has 0 aliphatic rings. The molecule has 5 heteroatoms. The number of carbonyl (C=O) groups excluding carboxylic acids is 1. The highest BCUT2D eigenvalue weighted by Gasteiger charge is 2.17. The lowest BCUT2D eigenvalue weighted by Gasteiger charge is -2.21. The molecule has 0 saturated heterocycles. The van der Waals surface area contributed by atoms with Crippen LogP contribution in [0.15, 0.2) is 22.7 Å². The second-order valence-corrected chi connectivity index (χ2v) is 5.65. The van der Waals surface area contributed by atoms with E-state index in [-0.39, 0.29) is 11.9 Å². The molecule has 0 fully saturated rings. The Morgan fingerprint density at radius 3 is 2.70 bits per heavy atom. The average molecular weight is 343 g/mol. The Balaban J connectivity index is 2.92. The van der Waals surface area contributed by atoms with Crippen molar-refractivity contribution in [2.45, 2.75) is 39.3 Å². The Labute approximate surface area is 129 Å². The van der Waals surface area contributed by atoms with E-state index in [1.54, 1.807) is 14.0 Å². The van der Waals surface area contributed by atoms with Crippen molar-refractivity contribution in [1.82, 2.24) is 10.6 Å². The minimum absolute atomic E-state index is 0.134. The molecule has 112 valence electrons. The molecule has 2 unspecified atom stereocenters. The molecular weight excluding hydrogens is 320 g/mol. The number of rotatable bonds is 7. The first-order valence-corrected chi connectivity index (χ1v) is 7.70. The van der Waals surface area contributed by atoms with Gasteiger partial charge in [-0.1, -0.05) is 28.9 Å². The van der Waals surface area contributed by atoms with Crippen LogP contribution in [0.5, 0.6) is 5.75 Å². The fourth-order valence-corrected chi connectivity index (χ4v) is 2.23. The summed E-state index contributed by atoms with van der Waals surface area (Å²) in [6.07, 6.45) is 0.553. The number of ether oxygens (including phenoxy) is 1. The largest absolute Gasteiger partial charge is 0.481 e. The summed E-state index contributed by atoms with van der Waals surface area (Å²) < 4.78 is 6.73. The third-order valence-corrected chi connectivity index (χ3v) is 3.56. The van der Waals surface area contributed by atoms with E-state index >= 15 is 0 Å². The molecule has 0 saturated carbocycles. The highest BCUT2D eigenvalue weighted by atomic mass is 79.9. The zero-order valence-corrected chi connectivity index (χ0v) is 14.1. The fourth-order valence-electron chi connectivity index (χ4n) is 1.89. The third kappa shape index (κ3) is 4.80. The fraction of sp³-hybridized carbons (Fsp3) is 0.533. The van der Waals surface area contributed by atoms with Gasteiger partial charge in [-0.15, -0.1) is 0 Å². The van der Waals surface area contributed by atoms with Gasteiger partial charge < -0.3 is 15.4 Å². The SMILES string of the molecule is CCCNC(C)c1ccc(Br)cc1OC(C)C(=O)NC. The van der Waals surface area contributed by atoms with Gasteiger partial charge in [-0.05, 0) is 38.9 Å². The van der Waals surface area contributed by atoms with Gasteiger partial charge >= 0.3 is 0 Å². The standard InChI is InChI=1S/C15H23BrN2O2/c1-5-8-18-10(2)13-7-6-12(16)9-14(13)20-11(3)15(19)17-4/h6-7,9-11,18H,5,8H2,1-4H3,(H,17,19). The number of carbonyl (C=O) groups is 1. The first kappa shape index (κ1) is 17.0. The summed E-state index contributed by atoms with van der Waals surface area (Å²) in [4.78, 5) is 11.6. The van der Waals surface area contributed by atoms with Crippen LogP contribution in [-0.2, 0) is 4.79 Å². The number of benzene rings is 1. The summed E-state index contributed by atoms with van der Waals surface area (Å²) in [5.74, 6) is 0.594. The van der Waals surface area contributed by atoms with Crippen molar-refractivity contribution < 1.29 is 9.53 Å². The van der Waals surface area contributed by atoms with Crippen LogP contribution in [0.2, 0.25) is 0 Å². The molecule has 2 N–H and O–H groups in total. The maximum atomic E-state index is 11.6. The van der Waals surface area contributed by atoms with E-state index in [0.717, 1.165) is 28.8 Å². The van der Waals surface area contributed by atoms with Gasteiger partial charge in [0.2, 0.25) is 0 Å². The van der Waals surface area contributed by atoms with E-state index in [0.29, 0.717) is 0 Å². The molecule has 1 rings (SSSR count). The average Bonchev–Trinajstić information content (AvgIpc) is 2.43. The predicted molar refractivity (Wildman–Crippen MR) is 85.0 cm³/mol. The number of nitrogens with one attached hydrogen (secondary N) is 2. The van der Waals surface area contributed by atoms with Gasteiger partial charge in [-0.25, -0.2) is 0 Å². The quantitative estimate of drug-likeness (QED) is 0.800. The molecule has 20 heavy (non-hydrogen) atoms. The molecule has 1 aromatic rings. The maximum absolute atomic E-state index is 11.6. The monoisotopic (exact) mass is 342 g/mol. The van der Waals surface area contributed by atoms with Crippen molar-refractivity contribution in [1.29, 1.82) is 0 Å². The molecule has 0 aliphatic carbocycles. The molecule has 4 nitrogen and oxygen atoms in total. The molecule has 0 aliphatic heterocycles. The Morgan fingerprint density at radius 2 is 2.10 bits per heavy atom. The van der Waals surface area contributed by atoms with Crippen molar-refractivity contribution in [2.24, 2.45) is 0 Å². The molecular formula is C15H23BrN2O2. The molecule has 2 atom stereocenters. The minimum atomic E-state index is -0.522. The van der Waals surface area contributed by atoms with Crippen LogP contribution < -0.4 is 15.4 Å². The Hall–Kier alpha value is -1.07. The van der Waals surface area contributed by atoms with Crippen molar-refractivity contribution in [3.8, 4) is 5.75 Å². The van der Waals surface area contributed by atoms with Gasteiger partial charge in [-0.3, -0.25) is 4.79 Å². The lowest BCUT2D eigenvalue weighted by atomic mass is 10.1. The van der Waals surface area contributed by atoms with Crippen LogP contribution in [0.4, 0.5) is 0 Å². The maximum Gasteiger partial charge on any atom is 0.260 e. The van der Waals surface area contributed by atoms with Gasteiger partial charge in [0.1, 0.15) is 5.75 Å². The highest BCUT2D eigenvalue weighted by molar-refractivity contribution is 9.10. The predicted octanol–water partition coefficient (Wildman–Crippen LogP) is 3.02. The van der Waals surface area contributed by atoms with E-state index in [4.69, 9.17) is 4.74 Å². The zero-order chi connectivity index (χ0) is 15.1. The van der Waals surface area contributed by atoms with Crippen molar-refractivity contribution in [2.75, 3.05) is 13.6 Å². The Kier molecular flexibility index (Phi) is 7.02. The van der Waals surface area contributed by atoms with Gasteiger partial charge in [-0.2, -0.15) is 0 Å². The van der Waals surface area contributed by atoms with Crippen molar-refractivity contribution in [3.05, 3.63) is 28.2 Å². The van der Waals surface area contributed by atoms with Crippen LogP contribution in [0.25, 0.3) is 0 Å². The topological polar surface area (TPSA) is 50.4 Å². The van der Waals surface area contributed by atoms with Gasteiger partial charge in [0.15, 0.2) is 6.10 Å². The minimum Gasteiger partial charge on any atom is -0.481 e. The third-order valence-electron chi connectivity index (χ3n) is 3.06. The van der Waals surface area contributed by atoms with E-state index < -0.39 is 6.10 Å². The summed E-state index contributed by atoms with van der Waals surface area (Å²) in [7, 11) is 1.61. The van der Waals surface area contributed by atoms with E-state index in [9.17, 15) is 4.79 Å². The van der Waals surface area contributed by atoms with E-state index in [1.165, 1.54) is 0 Å². The summed E-state index contributed by atoms with van der Waals surface area (Å²) in [5, 5.41) is 6.02. The molecule has 0 bridgehead atoms. The van der Waals surface area contributed by atoms with Gasteiger partial charge in [0.25, 0.3) is 5.91 Å². The molecule has 1 amide bonds. The number of hydrogen-bond acceptors (Lipinski definition) is 3. The zero-order valence-electron chi connectivity index (χ0n) is 12.5. The van der Waals surface area contributed by atoms with Crippen molar-refractivity contribution in [3.63, 3.8) is 0 Å². The van der Waals surface area contributed by atoms with Crippen LogP contribution in [0.1, 0.15) is 38.8 Å². The lowest BCUT2D eigenvalue weighted by Crippen LogP contribution is -2.34. The first-order chi connectivity index (χ1) is 9.49. The number of hydrogen-bond donors (Lipinski definition) is 2. The van der Waals surface area contributed by atoms with E-state index in [2.05, 4.69) is 40.4 Å². The van der Waals surface area contributed by atoms with Gasteiger partial charge in [0, 0.05) is 23.1 Å². The van der Waals surface area contributed by atoms with Gasteiger partial charge in [0.05, 0.1) is 0 Å². The molecule has 1 aromatic carbocycles. The molecule has 0 aromatic heterocycles. The van der Waals surface area contributed by atoms with Crippen molar-refractivity contribution >= 4 is 21.8 Å². The van der Waals surface area contributed by atoms with Crippen LogP contribution in [-0.4, -0.2) is 25.6 Å². The summed E-state index contributed by atoms with van der Waals surface area (Å²) >= 11 is 3.44. The Morgan fingerprint density at radius 1 is 1.40 bits per heavy atom. The first-order valence-electron chi connectivity index (χ1n) is 6.90. The van der Waals surface area contributed by atoms with Crippen LogP contribution in [0, 0.1) is 0 Å². The molecule has 0 radical (unpaired) electrons. The summed E-state index contributed by atoms with van der Waals surface area (Å²) in [6.45, 7) is 6.91. The summed E-state index contributed by atoms with van der Waals surface area (Å²) in [6, 6.07) is 6.08. The van der Waals surface area contributed by atoms with Crippen LogP contribution >= 0.6 is 15.9 Å².